The Labute approximate surface area is 301 Å². The fourth-order valence-electron chi connectivity index (χ4n) is 4.88. The molecule has 5 rings (SSSR count). The van der Waals surface area contributed by atoms with E-state index < -0.39 is 120 Å². The quantitative estimate of drug-likeness (QED) is 0.0824. The molecule has 1 aliphatic rings. The van der Waals surface area contributed by atoms with Crippen LogP contribution in [0.4, 0.5) is 17.6 Å². The van der Waals surface area contributed by atoms with E-state index in [4.69, 9.17) is 12.3 Å². The first-order chi connectivity index (χ1) is 28.2. The number of thioether (sulfide) groups is 1. The van der Waals surface area contributed by atoms with Crippen LogP contribution in [0.1, 0.15) is 71.6 Å². The highest BCUT2D eigenvalue weighted by atomic mass is 32.2. The third kappa shape index (κ3) is 8.54. The Balaban J connectivity index is 1.75. The average molecular weight is 694 g/mol. The van der Waals surface area contributed by atoms with E-state index in [9.17, 15) is 32.6 Å². The lowest BCUT2D eigenvalue weighted by Crippen LogP contribution is -2.40. The lowest BCUT2D eigenvalue weighted by Gasteiger charge is -2.28. The monoisotopic (exact) mass is 693 g/mol. The van der Waals surface area contributed by atoms with Crippen LogP contribution in [0, 0.1) is 12.7 Å². The molecule has 0 atom stereocenters. The van der Waals surface area contributed by atoms with Crippen molar-refractivity contribution in [3.05, 3.63) is 116 Å². The molecule has 0 aliphatic heterocycles. The fourth-order valence-corrected chi connectivity index (χ4v) is 5.84. The number of alkyl halides is 3. The summed E-state index contributed by atoms with van der Waals surface area (Å²) in [6, 6.07) is -3.60. The molecule has 0 fully saturated rings. The number of likely N-dealkylation sites (N-methyl/N-ethyl adjacent to an activating group) is 1. The van der Waals surface area contributed by atoms with Crippen LogP contribution in [0.15, 0.2) is 76.5 Å². The van der Waals surface area contributed by atoms with Gasteiger partial charge in [0.1, 0.15) is 12.4 Å². The SMILES string of the molecule is [2H]c1c([2H])c(C(F)(F)F)c([2H])c([2H])c1-c1c([2H])c([2H])c(C([2H])([2H])N(C(=O)Cn2c(SCc3ccc(F)cc3)nc(=O)c3c2CCC3)C([2H])([2H])C([2H])([2H])N(CC)CC)c(C)c1[2H]. The molecule has 0 N–H and O–H groups in total. The zero-order valence-corrected chi connectivity index (χ0v) is 27.1. The molecule has 11 heteroatoms. The van der Waals surface area contributed by atoms with Crippen molar-refractivity contribution in [2.75, 3.05) is 26.1 Å². The molecule has 3 aromatic carbocycles. The number of carbonyl (C=O) groups excluding carboxylic acids is 1. The van der Waals surface area contributed by atoms with Crippen molar-refractivity contribution in [3.8, 4) is 11.1 Å². The van der Waals surface area contributed by atoms with Gasteiger partial charge in [-0.3, -0.25) is 9.59 Å². The molecule has 0 spiro atoms. The number of nitrogens with zero attached hydrogens (tertiary/aromatic N) is 4. The molecule has 4 aromatic rings. The fraction of sp³-hybridized carbons (Fsp3) is 0.378. The van der Waals surface area contributed by atoms with Crippen molar-refractivity contribution < 1.29 is 40.2 Å². The van der Waals surface area contributed by atoms with Gasteiger partial charge >= 0.3 is 6.18 Å². The number of halogens is 4. The summed E-state index contributed by atoms with van der Waals surface area (Å²) >= 11 is 0.973. The number of rotatable bonds is 13. The summed E-state index contributed by atoms with van der Waals surface area (Å²) in [6.07, 6.45) is -4.33. The van der Waals surface area contributed by atoms with E-state index in [0.29, 0.717) is 17.7 Å². The van der Waals surface area contributed by atoms with E-state index in [1.807, 2.05) is 0 Å². The maximum absolute atomic E-state index is 14.9. The molecular weight excluding hydrogens is 640 g/mol. The van der Waals surface area contributed by atoms with Crippen molar-refractivity contribution in [2.24, 2.45) is 0 Å². The Morgan fingerprint density at radius 2 is 1.71 bits per heavy atom. The van der Waals surface area contributed by atoms with Crippen LogP contribution in [0.3, 0.4) is 0 Å². The Morgan fingerprint density at radius 3 is 2.38 bits per heavy atom. The highest BCUT2D eigenvalue weighted by Gasteiger charge is 2.30. The standard InChI is InChI=1S/C37H40F4N4O2S/c1-4-43(5-2)19-20-44(22-29-12-11-28(21-25(29)3)27-13-15-30(16-14-27)37(39,40)41)34(46)23-45-33-8-6-7-32(33)35(47)42-36(45)48-24-26-9-17-31(38)18-10-26/h9-18,21H,4-8,19-20,22-24H2,1-3H3/i11D,12D,13D,14D,15D,16D,19D2,20D2,21D,22D2. The minimum absolute atomic E-state index is 0.0452. The molecule has 1 heterocycles. The van der Waals surface area contributed by atoms with Crippen LogP contribution in [-0.2, 0) is 42.6 Å². The first-order valence-electron chi connectivity index (χ1n) is 21.5. The molecule has 1 aromatic heterocycles. The number of carbonyl (C=O) groups is 1. The van der Waals surface area contributed by atoms with Crippen LogP contribution >= 0.6 is 11.8 Å². The predicted octanol–water partition coefficient (Wildman–Crippen LogP) is 7.53. The minimum Gasteiger partial charge on any atom is -0.336 e. The van der Waals surface area contributed by atoms with Crippen LogP contribution in [0.25, 0.3) is 11.1 Å². The first kappa shape index (κ1) is 21.9. The van der Waals surface area contributed by atoms with Crippen molar-refractivity contribution in [1.82, 2.24) is 19.4 Å². The lowest BCUT2D eigenvalue weighted by atomic mass is 9.98. The van der Waals surface area contributed by atoms with Crippen LogP contribution in [-0.4, -0.2) is 51.3 Å². The molecule has 1 aliphatic carbocycles. The third-order valence-corrected chi connectivity index (χ3v) is 8.54. The summed E-state index contributed by atoms with van der Waals surface area (Å²) in [7, 11) is 0. The summed E-state index contributed by atoms with van der Waals surface area (Å²) in [4.78, 5) is 33.1. The van der Waals surface area contributed by atoms with Gasteiger partial charge in [0.2, 0.25) is 5.91 Å². The van der Waals surface area contributed by atoms with Gasteiger partial charge in [-0.15, -0.1) is 0 Å². The molecule has 0 saturated carbocycles. The lowest BCUT2D eigenvalue weighted by molar-refractivity contribution is -0.137. The third-order valence-electron chi connectivity index (χ3n) is 7.49. The van der Waals surface area contributed by atoms with E-state index in [1.165, 1.54) is 42.7 Å². The van der Waals surface area contributed by atoms with E-state index in [1.54, 1.807) is 0 Å². The molecule has 0 bridgehead atoms. The highest BCUT2D eigenvalue weighted by molar-refractivity contribution is 7.98. The molecule has 0 radical (unpaired) electrons. The molecule has 1 amide bonds. The van der Waals surface area contributed by atoms with Crippen molar-refractivity contribution in [1.29, 1.82) is 0 Å². The number of fused-ring (bicyclic) bond motifs is 1. The van der Waals surface area contributed by atoms with Crippen LogP contribution in [0.2, 0.25) is 0 Å². The van der Waals surface area contributed by atoms with E-state index in [2.05, 4.69) is 4.98 Å². The van der Waals surface area contributed by atoms with Gasteiger partial charge in [-0.25, -0.2) is 4.39 Å². The first-order valence-corrected chi connectivity index (χ1v) is 16.0. The number of benzene rings is 3. The highest BCUT2D eigenvalue weighted by Crippen LogP contribution is 2.32. The average Bonchev–Trinajstić information content (AvgIpc) is 3.66. The number of hydrogen-bond donors (Lipinski definition) is 0. The van der Waals surface area contributed by atoms with Crippen LogP contribution in [0.5, 0.6) is 0 Å². The zero-order chi connectivity index (χ0) is 45.9. The Hall–Kier alpha value is -3.96. The molecule has 6 nitrogen and oxygen atoms in total. The largest absolute Gasteiger partial charge is 0.416 e. The maximum Gasteiger partial charge on any atom is 0.416 e. The van der Waals surface area contributed by atoms with Gasteiger partial charge in [0.25, 0.3) is 5.56 Å². The minimum atomic E-state index is -5.33. The zero-order valence-electron chi connectivity index (χ0n) is 39.3. The molecule has 0 unspecified atom stereocenters. The van der Waals surface area contributed by atoms with Gasteiger partial charge in [-0.1, -0.05) is 68.0 Å². The number of aromatic nitrogens is 2. The summed E-state index contributed by atoms with van der Waals surface area (Å²) < 4.78 is 171. The Kier molecular flexibility index (Phi) is 7.07. The number of amides is 1. The van der Waals surface area contributed by atoms with Crippen molar-refractivity contribution in [2.45, 2.75) is 70.2 Å². The molecular formula is C37H40F4N4O2S. The summed E-state index contributed by atoms with van der Waals surface area (Å²) in [5.41, 5.74) is -4.77. The predicted molar refractivity (Wildman–Crippen MR) is 181 cm³/mol. The van der Waals surface area contributed by atoms with E-state index in [-0.39, 0.29) is 47.3 Å². The van der Waals surface area contributed by atoms with Crippen molar-refractivity contribution in [3.63, 3.8) is 0 Å². The second-order valence-electron chi connectivity index (χ2n) is 10.7. The van der Waals surface area contributed by atoms with Gasteiger partial charge in [0, 0.05) is 39.2 Å². The molecule has 254 valence electrons. The van der Waals surface area contributed by atoms with Gasteiger partial charge in [-0.05, 0) is 91.3 Å². The maximum atomic E-state index is 14.9. The molecule has 48 heavy (non-hydrogen) atoms. The Morgan fingerprint density at radius 1 is 1.02 bits per heavy atom. The summed E-state index contributed by atoms with van der Waals surface area (Å²) in [5.74, 6) is -1.82. The second kappa shape index (κ2) is 15.5. The summed E-state index contributed by atoms with van der Waals surface area (Å²) in [5, 5.41) is -0.0452. The van der Waals surface area contributed by atoms with Gasteiger partial charge in [-0.2, -0.15) is 18.2 Å². The second-order valence-corrected chi connectivity index (χ2v) is 11.7. The normalized spacial score (nSPS) is 17.6. The van der Waals surface area contributed by atoms with Gasteiger partial charge < -0.3 is 14.4 Å². The summed E-state index contributed by atoms with van der Waals surface area (Å²) in [6.45, 7) is -7.64. The van der Waals surface area contributed by atoms with Gasteiger partial charge in [0.05, 0.1) is 20.6 Å². The van der Waals surface area contributed by atoms with E-state index >= 15 is 0 Å². The smallest absolute Gasteiger partial charge is 0.336 e. The van der Waals surface area contributed by atoms with E-state index in [0.717, 1.165) is 23.6 Å². The Bertz CT molecular complexity index is 2390. The molecule has 0 saturated heterocycles. The topological polar surface area (TPSA) is 58.4 Å². The number of hydrogen-bond acceptors (Lipinski definition) is 5. The van der Waals surface area contributed by atoms with Gasteiger partial charge in [0.15, 0.2) is 5.16 Å². The van der Waals surface area contributed by atoms with Crippen molar-refractivity contribution >= 4 is 17.7 Å². The van der Waals surface area contributed by atoms with Crippen LogP contribution < -0.4 is 5.56 Å².